The van der Waals surface area contributed by atoms with Crippen LogP contribution in [0.4, 0.5) is 0 Å². The molecule has 0 saturated heterocycles. The summed E-state index contributed by atoms with van der Waals surface area (Å²) in [6, 6.07) is 13.2. The summed E-state index contributed by atoms with van der Waals surface area (Å²) in [6.07, 6.45) is 1.12. The molecule has 2 atom stereocenters. The van der Waals surface area contributed by atoms with Gasteiger partial charge in [-0.05, 0) is 48.1 Å². The van der Waals surface area contributed by atoms with E-state index in [1.165, 1.54) is 32.9 Å². The molecule has 0 radical (unpaired) electrons. The average molecular weight is 292 g/mol. The molecule has 2 nitrogen and oxygen atoms in total. The summed E-state index contributed by atoms with van der Waals surface area (Å²) in [7, 11) is 0. The smallest absolute Gasteiger partial charge is 0.0538 e. The fourth-order valence-corrected chi connectivity index (χ4v) is 4.52. The van der Waals surface area contributed by atoms with Crippen LogP contribution in [-0.2, 0) is 0 Å². The van der Waals surface area contributed by atoms with E-state index in [0.717, 1.165) is 13.0 Å². The second-order valence-corrected chi connectivity index (χ2v) is 7.36. The van der Waals surface area contributed by atoms with Crippen LogP contribution in [0.1, 0.15) is 37.4 Å². The van der Waals surface area contributed by atoms with E-state index in [-0.39, 0.29) is 0 Å². The number of nitrogens with one attached hydrogen (secondary N) is 1. The average Bonchev–Trinajstić information content (AvgIpc) is 2.87. The number of rotatable bonds is 3. The first-order valence-corrected chi connectivity index (χ1v) is 8.25. The van der Waals surface area contributed by atoms with Gasteiger partial charge in [0.05, 0.1) is 5.52 Å². The van der Waals surface area contributed by atoms with Crippen LogP contribution in [0.15, 0.2) is 36.4 Å². The molecule has 0 bridgehead atoms. The summed E-state index contributed by atoms with van der Waals surface area (Å²) < 4.78 is 0. The Hall–Kier alpha value is -1.80. The van der Waals surface area contributed by atoms with Gasteiger partial charge in [-0.1, -0.05) is 50.2 Å². The fraction of sp³-hybridized carbons (Fsp3) is 0.400. The summed E-state index contributed by atoms with van der Waals surface area (Å²) in [5.74, 6) is 1.34. The van der Waals surface area contributed by atoms with Gasteiger partial charge in [0.25, 0.3) is 0 Å². The third-order valence-corrected chi connectivity index (χ3v) is 5.77. The zero-order chi connectivity index (χ0) is 15.5. The third-order valence-electron chi connectivity index (χ3n) is 5.77. The lowest BCUT2D eigenvalue weighted by atomic mass is 9.98. The van der Waals surface area contributed by atoms with Gasteiger partial charge in [0.2, 0.25) is 0 Å². The normalized spacial score (nSPS) is 23.3. The Morgan fingerprint density at radius 2 is 1.86 bits per heavy atom. The van der Waals surface area contributed by atoms with Crippen molar-refractivity contribution in [3.8, 4) is 0 Å². The molecule has 114 valence electrons. The van der Waals surface area contributed by atoms with Crippen molar-refractivity contribution in [3.05, 3.63) is 47.7 Å². The zero-order valence-corrected chi connectivity index (χ0v) is 13.6. The first-order valence-electron chi connectivity index (χ1n) is 8.25. The summed E-state index contributed by atoms with van der Waals surface area (Å²) in [5, 5.41) is 4.02. The minimum atomic E-state index is 0.366. The Labute approximate surface area is 131 Å². The monoisotopic (exact) mass is 292 g/mol. The van der Waals surface area contributed by atoms with Crippen molar-refractivity contribution in [1.82, 2.24) is 4.98 Å². The van der Waals surface area contributed by atoms with E-state index in [4.69, 9.17) is 5.73 Å². The number of hydrogen-bond acceptors (Lipinski definition) is 1. The molecule has 2 heteroatoms. The maximum atomic E-state index is 5.82. The van der Waals surface area contributed by atoms with Crippen molar-refractivity contribution in [2.45, 2.75) is 33.1 Å². The van der Waals surface area contributed by atoms with Gasteiger partial charge in [-0.25, -0.2) is 0 Å². The predicted octanol–water partition coefficient (Wildman–Crippen LogP) is 4.72. The van der Waals surface area contributed by atoms with E-state index in [1.54, 1.807) is 0 Å². The van der Waals surface area contributed by atoms with Crippen LogP contribution in [-0.4, -0.2) is 11.5 Å². The van der Waals surface area contributed by atoms with Crippen LogP contribution in [0.25, 0.3) is 21.7 Å². The summed E-state index contributed by atoms with van der Waals surface area (Å²) >= 11 is 0. The molecule has 0 spiro atoms. The lowest BCUT2D eigenvalue weighted by Crippen LogP contribution is -2.02. The van der Waals surface area contributed by atoms with Crippen LogP contribution in [0, 0.1) is 18.3 Å². The number of benzene rings is 2. The molecule has 1 fully saturated rings. The Morgan fingerprint density at radius 1 is 1.09 bits per heavy atom. The summed E-state index contributed by atoms with van der Waals surface area (Å²) in [6.45, 7) is 7.78. The van der Waals surface area contributed by atoms with Gasteiger partial charge in [-0.2, -0.15) is 0 Å². The zero-order valence-electron chi connectivity index (χ0n) is 13.6. The molecule has 4 rings (SSSR count). The molecular formula is C20H24N2. The van der Waals surface area contributed by atoms with E-state index >= 15 is 0 Å². The first-order chi connectivity index (χ1) is 10.6. The second kappa shape index (κ2) is 4.60. The number of H-pyrrole nitrogens is 1. The molecule has 0 aliphatic heterocycles. The van der Waals surface area contributed by atoms with Gasteiger partial charge in [-0.15, -0.1) is 0 Å². The molecule has 1 aliphatic carbocycles. The van der Waals surface area contributed by atoms with Crippen molar-refractivity contribution in [2.24, 2.45) is 17.1 Å². The van der Waals surface area contributed by atoms with Crippen molar-refractivity contribution in [3.63, 3.8) is 0 Å². The lowest BCUT2D eigenvalue weighted by Gasteiger charge is -2.04. The molecule has 0 unspecified atom stereocenters. The molecule has 1 heterocycles. The van der Waals surface area contributed by atoms with Crippen LogP contribution < -0.4 is 5.73 Å². The Morgan fingerprint density at radius 3 is 2.64 bits per heavy atom. The standard InChI is InChI=1S/C20H24N2/c1-12-17(18-16(10-11-21)20(18,2)3)15-9-8-13-6-4-5-7-14(13)19(15)22-12/h4-9,16,18,22H,10-11,21H2,1-3H3/t16-,18+/m0/s1. The number of nitrogens with two attached hydrogens (primary N) is 1. The summed E-state index contributed by atoms with van der Waals surface area (Å²) in [4.78, 5) is 3.66. The first kappa shape index (κ1) is 13.8. The lowest BCUT2D eigenvalue weighted by molar-refractivity contribution is 0.534. The molecule has 3 N–H and O–H groups in total. The highest BCUT2D eigenvalue weighted by molar-refractivity contribution is 6.07. The Kier molecular flexibility index (Phi) is 2.89. The van der Waals surface area contributed by atoms with E-state index in [9.17, 15) is 0 Å². The number of hydrogen-bond donors (Lipinski definition) is 2. The van der Waals surface area contributed by atoms with E-state index < -0.39 is 0 Å². The molecule has 1 aromatic heterocycles. The molecule has 2 aromatic carbocycles. The van der Waals surface area contributed by atoms with Gasteiger partial charge >= 0.3 is 0 Å². The maximum Gasteiger partial charge on any atom is 0.0538 e. The van der Waals surface area contributed by atoms with Gasteiger partial charge in [0, 0.05) is 16.5 Å². The molecule has 3 aromatic rings. The van der Waals surface area contributed by atoms with Crippen LogP contribution in [0.5, 0.6) is 0 Å². The maximum absolute atomic E-state index is 5.82. The van der Waals surface area contributed by atoms with Crippen molar-refractivity contribution < 1.29 is 0 Å². The molecule has 1 saturated carbocycles. The third kappa shape index (κ3) is 1.77. The molecular weight excluding hydrogens is 268 g/mol. The van der Waals surface area contributed by atoms with Gasteiger partial charge in [0.1, 0.15) is 0 Å². The topological polar surface area (TPSA) is 41.8 Å². The number of fused-ring (bicyclic) bond motifs is 3. The highest BCUT2D eigenvalue weighted by Crippen LogP contribution is 2.67. The van der Waals surface area contributed by atoms with Crippen LogP contribution >= 0.6 is 0 Å². The largest absolute Gasteiger partial charge is 0.358 e. The van der Waals surface area contributed by atoms with E-state index in [0.29, 0.717) is 17.3 Å². The number of aryl methyl sites for hydroxylation is 1. The quantitative estimate of drug-likeness (QED) is 0.720. The van der Waals surface area contributed by atoms with Crippen LogP contribution in [0.2, 0.25) is 0 Å². The highest BCUT2D eigenvalue weighted by atomic mass is 14.7. The number of aromatic amines is 1. The highest BCUT2D eigenvalue weighted by Gasteiger charge is 2.58. The minimum Gasteiger partial charge on any atom is -0.358 e. The van der Waals surface area contributed by atoms with Gasteiger partial charge < -0.3 is 10.7 Å². The number of aromatic nitrogens is 1. The van der Waals surface area contributed by atoms with E-state index in [2.05, 4.69) is 62.2 Å². The Bertz CT molecular complexity index is 857. The molecule has 22 heavy (non-hydrogen) atoms. The minimum absolute atomic E-state index is 0.366. The summed E-state index contributed by atoms with van der Waals surface area (Å²) in [5.41, 5.74) is 10.3. The SMILES string of the molecule is Cc1[nH]c2c(ccc3ccccc32)c1[C@H]1[C@H](CCN)C1(C)C. The van der Waals surface area contributed by atoms with Gasteiger partial charge in [0.15, 0.2) is 0 Å². The van der Waals surface area contributed by atoms with Crippen LogP contribution in [0.3, 0.4) is 0 Å². The molecule has 1 aliphatic rings. The second-order valence-electron chi connectivity index (χ2n) is 7.36. The van der Waals surface area contributed by atoms with Crippen molar-refractivity contribution >= 4 is 21.7 Å². The molecule has 0 amide bonds. The predicted molar refractivity (Wildman–Crippen MR) is 94.2 cm³/mol. The fourth-order valence-electron chi connectivity index (χ4n) is 4.52. The van der Waals surface area contributed by atoms with Crippen molar-refractivity contribution in [2.75, 3.05) is 6.54 Å². The van der Waals surface area contributed by atoms with Gasteiger partial charge in [-0.3, -0.25) is 0 Å². The van der Waals surface area contributed by atoms with E-state index in [1.807, 2.05) is 0 Å². The Balaban J connectivity index is 1.93. The van der Waals surface area contributed by atoms with Crippen molar-refractivity contribution in [1.29, 1.82) is 0 Å².